The fourth-order valence-electron chi connectivity index (χ4n) is 2.55. The zero-order chi connectivity index (χ0) is 18.4. The van der Waals surface area contributed by atoms with Crippen LogP contribution in [-0.2, 0) is 0 Å². The van der Waals surface area contributed by atoms with Crippen LogP contribution in [-0.4, -0.2) is 25.3 Å². The summed E-state index contributed by atoms with van der Waals surface area (Å²) >= 11 is 0. The van der Waals surface area contributed by atoms with Gasteiger partial charge in [-0.25, -0.2) is 0 Å². The van der Waals surface area contributed by atoms with Gasteiger partial charge in [-0.15, -0.1) is 0 Å². The minimum Gasteiger partial charge on any atom is -0.493 e. The van der Waals surface area contributed by atoms with E-state index in [2.05, 4.69) is 0 Å². The number of Topliss-reactive ketones (excluding diaryl/α,β-unsaturated/α-hetero) is 2. The number of benzene rings is 2. The lowest BCUT2D eigenvalue weighted by Crippen LogP contribution is -2.06. The van der Waals surface area contributed by atoms with Crippen LogP contribution in [0.4, 0.5) is 0 Å². The Hall–Kier alpha value is -2.62. The lowest BCUT2D eigenvalue weighted by Gasteiger charge is -2.10. The molecule has 0 spiro atoms. The van der Waals surface area contributed by atoms with Crippen molar-refractivity contribution < 1.29 is 19.1 Å². The summed E-state index contributed by atoms with van der Waals surface area (Å²) in [5.74, 6) is 1.02. The minimum absolute atomic E-state index is 0.0185. The largest absolute Gasteiger partial charge is 0.493 e. The third kappa shape index (κ3) is 4.69. The Kier molecular flexibility index (Phi) is 6.34. The van der Waals surface area contributed by atoms with E-state index in [9.17, 15) is 9.59 Å². The molecule has 0 saturated carbocycles. The van der Waals surface area contributed by atoms with Gasteiger partial charge >= 0.3 is 0 Å². The third-order valence-corrected chi connectivity index (χ3v) is 4.19. The van der Waals surface area contributed by atoms with Gasteiger partial charge < -0.3 is 9.47 Å². The zero-order valence-electron chi connectivity index (χ0n) is 15.2. The molecule has 0 radical (unpaired) electrons. The Balaban J connectivity index is 2.05. The van der Waals surface area contributed by atoms with Crippen molar-refractivity contribution in [2.24, 2.45) is 0 Å². The van der Waals surface area contributed by atoms with Gasteiger partial charge in [-0.2, -0.15) is 0 Å². The van der Waals surface area contributed by atoms with E-state index >= 15 is 0 Å². The second-order valence-electron chi connectivity index (χ2n) is 5.94. The van der Waals surface area contributed by atoms with Crippen LogP contribution >= 0.6 is 0 Å². The molecule has 0 aliphatic rings. The predicted molar refractivity (Wildman–Crippen MR) is 98.0 cm³/mol. The first-order valence-corrected chi connectivity index (χ1v) is 8.40. The summed E-state index contributed by atoms with van der Waals surface area (Å²) in [6.07, 6.45) is 0.362. The van der Waals surface area contributed by atoms with Crippen molar-refractivity contribution in [1.29, 1.82) is 0 Å². The van der Waals surface area contributed by atoms with Gasteiger partial charge in [0.25, 0.3) is 0 Å². The number of hydrogen-bond acceptors (Lipinski definition) is 4. The summed E-state index contributed by atoms with van der Waals surface area (Å²) in [4.78, 5) is 24.7. The molecule has 2 rings (SSSR count). The Labute approximate surface area is 148 Å². The number of methoxy groups -OCH3 is 1. The van der Waals surface area contributed by atoms with Gasteiger partial charge in [0.05, 0.1) is 13.7 Å². The average Bonchev–Trinajstić information content (AvgIpc) is 2.61. The number of carbonyl (C=O) groups is 2. The number of rotatable bonds is 8. The van der Waals surface area contributed by atoms with Crippen molar-refractivity contribution in [3.8, 4) is 11.5 Å². The van der Waals surface area contributed by atoms with E-state index in [1.807, 2.05) is 39.0 Å². The molecule has 4 nitrogen and oxygen atoms in total. The molecular weight excluding hydrogens is 316 g/mol. The summed E-state index contributed by atoms with van der Waals surface area (Å²) in [7, 11) is 1.56. The fraction of sp³-hybridized carbons (Fsp3) is 0.333. The van der Waals surface area contributed by atoms with Gasteiger partial charge in [-0.1, -0.05) is 12.1 Å². The van der Waals surface area contributed by atoms with Crippen molar-refractivity contribution in [2.75, 3.05) is 13.7 Å². The summed E-state index contributed by atoms with van der Waals surface area (Å²) in [5.41, 5.74) is 3.40. The van der Waals surface area contributed by atoms with E-state index in [-0.39, 0.29) is 24.4 Å². The van der Waals surface area contributed by atoms with Crippen LogP contribution in [0, 0.1) is 13.8 Å². The maximum Gasteiger partial charge on any atom is 0.163 e. The van der Waals surface area contributed by atoms with E-state index in [0.29, 0.717) is 29.2 Å². The van der Waals surface area contributed by atoms with Crippen LogP contribution in [0.1, 0.15) is 51.6 Å². The van der Waals surface area contributed by atoms with Crippen molar-refractivity contribution in [3.05, 3.63) is 58.7 Å². The Morgan fingerprint density at radius 3 is 2.00 bits per heavy atom. The maximum absolute atomic E-state index is 12.4. The number of ether oxygens (including phenoxy) is 2. The van der Waals surface area contributed by atoms with Gasteiger partial charge in [-0.05, 0) is 56.2 Å². The van der Waals surface area contributed by atoms with Crippen molar-refractivity contribution in [2.45, 2.75) is 33.6 Å². The molecule has 0 unspecified atom stereocenters. The molecule has 0 N–H and O–H groups in total. The number of hydrogen-bond donors (Lipinski definition) is 0. The summed E-state index contributed by atoms with van der Waals surface area (Å²) in [6.45, 7) is 6.34. The summed E-state index contributed by atoms with van der Waals surface area (Å²) in [6, 6.07) is 10.7. The van der Waals surface area contributed by atoms with Gasteiger partial charge in [-0.3, -0.25) is 9.59 Å². The lowest BCUT2D eigenvalue weighted by molar-refractivity contribution is 0.0917. The highest BCUT2D eigenvalue weighted by Gasteiger charge is 2.14. The molecule has 0 bridgehead atoms. The zero-order valence-corrected chi connectivity index (χ0v) is 15.2. The summed E-state index contributed by atoms with van der Waals surface area (Å²) < 4.78 is 10.7. The average molecular weight is 340 g/mol. The van der Waals surface area contributed by atoms with Crippen molar-refractivity contribution in [3.63, 3.8) is 0 Å². The third-order valence-electron chi connectivity index (χ3n) is 4.19. The number of carbonyl (C=O) groups excluding carboxylic acids is 2. The highest BCUT2D eigenvalue weighted by atomic mass is 16.5. The molecule has 2 aromatic carbocycles. The molecule has 0 aliphatic heterocycles. The van der Waals surface area contributed by atoms with Crippen LogP contribution in [0.15, 0.2) is 36.4 Å². The van der Waals surface area contributed by atoms with Crippen molar-refractivity contribution >= 4 is 11.6 Å². The molecule has 25 heavy (non-hydrogen) atoms. The molecule has 0 aromatic heterocycles. The summed E-state index contributed by atoms with van der Waals surface area (Å²) in [5, 5.41) is 0. The van der Waals surface area contributed by atoms with E-state index in [1.54, 1.807) is 25.3 Å². The van der Waals surface area contributed by atoms with Crippen LogP contribution in [0.3, 0.4) is 0 Å². The molecular formula is C21H24O4. The lowest BCUT2D eigenvalue weighted by atomic mass is 9.99. The molecule has 0 amide bonds. The van der Waals surface area contributed by atoms with Crippen LogP contribution in [0.2, 0.25) is 0 Å². The molecule has 0 fully saturated rings. The first kappa shape index (κ1) is 18.7. The smallest absolute Gasteiger partial charge is 0.163 e. The van der Waals surface area contributed by atoms with Gasteiger partial charge in [0.15, 0.2) is 23.1 Å². The Morgan fingerprint density at radius 1 is 0.840 bits per heavy atom. The molecule has 2 aromatic rings. The normalized spacial score (nSPS) is 10.4. The van der Waals surface area contributed by atoms with E-state index < -0.39 is 0 Å². The standard InChI is InChI=1S/C21H24O4/c1-5-25-21-13-17(8-11-20(21)24-4)19(23)10-9-18(22)16-7-6-14(2)15(3)12-16/h6-8,11-13H,5,9-10H2,1-4H3. The number of aryl methyl sites for hydroxylation is 2. The molecule has 0 aliphatic carbocycles. The quantitative estimate of drug-likeness (QED) is 0.661. The second kappa shape index (κ2) is 8.47. The highest BCUT2D eigenvalue weighted by molar-refractivity contribution is 6.02. The monoisotopic (exact) mass is 340 g/mol. The number of ketones is 2. The first-order chi connectivity index (χ1) is 12.0. The molecule has 0 saturated heterocycles. The van der Waals surface area contributed by atoms with E-state index in [0.717, 1.165) is 11.1 Å². The van der Waals surface area contributed by atoms with Gasteiger partial charge in [0.1, 0.15) is 0 Å². The van der Waals surface area contributed by atoms with Gasteiger partial charge in [0.2, 0.25) is 0 Å². The first-order valence-electron chi connectivity index (χ1n) is 8.40. The minimum atomic E-state index is -0.0826. The van der Waals surface area contributed by atoms with E-state index in [1.165, 1.54) is 0 Å². The van der Waals surface area contributed by atoms with Gasteiger partial charge in [0, 0.05) is 24.0 Å². The highest BCUT2D eigenvalue weighted by Crippen LogP contribution is 2.28. The molecule has 132 valence electrons. The van der Waals surface area contributed by atoms with Crippen molar-refractivity contribution in [1.82, 2.24) is 0 Å². The van der Waals surface area contributed by atoms with Crippen LogP contribution < -0.4 is 9.47 Å². The van der Waals surface area contributed by atoms with Crippen LogP contribution in [0.25, 0.3) is 0 Å². The maximum atomic E-state index is 12.4. The second-order valence-corrected chi connectivity index (χ2v) is 5.94. The molecule has 4 heteroatoms. The fourth-order valence-corrected chi connectivity index (χ4v) is 2.55. The van der Waals surface area contributed by atoms with E-state index in [4.69, 9.17) is 9.47 Å². The molecule has 0 atom stereocenters. The topological polar surface area (TPSA) is 52.6 Å². The molecule has 0 heterocycles. The van der Waals surface area contributed by atoms with Crippen LogP contribution in [0.5, 0.6) is 11.5 Å². The Bertz CT molecular complexity index is 777. The SMILES string of the molecule is CCOc1cc(C(=O)CCC(=O)c2ccc(C)c(C)c2)ccc1OC. The Morgan fingerprint density at radius 2 is 1.44 bits per heavy atom. The predicted octanol–water partition coefficient (Wildman–Crippen LogP) is 4.56.